The maximum absolute atomic E-state index is 13.7. The molecule has 0 aliphatic heterocycles. The van der Waals surface area contributed by atoms with Crippen molar-refractivity contribution in [2.45, 2.75) is 26.3 Å². The zero-order chi connectivity index (χ0) is 17.5. The fraction of sp³-hybridized carbons (Fsp3) is 0.316. The summed E-state index contributed by atoms with van der Waals surface area (Å²) in [5.74, 6) is 0.974. The molecule has 24 heavy (non-hydrogen) atoms. The monoisotopic (exact) mass is 346 g/mol. The molecule has 2 aromatic rings. The van der Waals surface area contributed by atoms with Crippen LogP contribution in [0.1, 0.15) is 31.9 Å². The highest BCUT2D eigenvalue weighted by atomic mass is 32.1. The number of methoxy groups -OCH3 is 1. The fourth-order valence-electron chi connectivity index (χ4n) is 2.47. The summed E-state index contributed by atoms with van der Waals surface area (Å²) in [5.41, 5.74) is 1.48. The van der Waals surface area contributed by atoms with Crippen molar-refractivity contribution in [2.24, 2.45) is 5.92 Å². The molecule has 128 valence electrons. The van der Waals surface area contributed by atoms with E-state index in [1.54, 1.807) is 25.3 Å². The molecule has 0 spiro atoms. The first-order valence-electron chi connectivity index (χ1n) is 7.95. The van der Waals surface area contributed by atoms with E-state index in [2.05, 4.69) is 24.5 Å². The summed E-state index contributed by atoms with van der Waals surface area (Å²) in [6.45, 7) is 4.32. The lowest BCUT2D eigenvalue weighted by Crippen LogP contribution is -2.33. The lowest BCUT2D eigenvalue weighted by Gasteiger charge is -2.23. The van der Waals surface area contributed by atoms with Crippen LogP contribution in [0.15, 0.2) is 48.5 Å². The number of ether oxygens (including phenoxy) is 1. The SMILES string of the molecule is COc1ccc(C(CC(C)C)NC(=S)Nc2ccccc2F)cc1. The van der Waals surface area contributed by atoms with E-state index in [-0.39, 0.29) is 11.9 Å². The van der Waals surface area contributed by atoms with Gasteiger partial charge in [0.2, 0.25) is 0 Å². The Labute approximate surface area is 148 Å². The van der Waals surface area contributed by atoms with E-state index in [4.69, 9.17) is 17.0 Å². The molecule has 0 aromatic heterocycles. The summed E-state index contributed by atoms with van der Waals surface area (Å²) in [6, 6.07) is 14.4. The van der Waals surface area contributed by atoms with Crippen LogP contribution in [0.5, 0.6) is 5.75 Å². The third-order valence-electron chi connectivity index (χ3n) is 3.65. The fourth-order valence-corrected chi connectivity index (χ4v) is 2.72. The van der Waals surface area contributed by atoms with Crippen molar-refractivity contribution in [2.75, 3.05) is 12.4 Å². The van der Waals surface area contributed by atoms with Gasteiger partial charge in [0.1, 0.15) is 11.6 Å². The molecule has 1 unspecified atom stereocenters. The van der Waals surface area contributed by atoms with E-state index < -0.39 is 0 Å². The first kappa shape index (κ1) is 18.2. The molecule has 1 atom stereocenters. The summed E-state index contributed by atoms with van der Waals surface area (Å²) in [5, 5.41) is 6.62. The molecule has 2 N–H and O–H groups in total. The van der Waals surface area contributed by atoms with E-state index in [0.717, 1.165) is 17.7 Å². The lowest BCUT2D eigenvalue weighted by molar-refractivity contribution is 0.414. The minimum Gasteiger partial charge on any atom is -0.497 e. The number of benzene rings is 2. The lowest BCUT2D eigenvalue weighted by atomic mass is 9.97. The quantitative estimate of drug-likeness (QED) is 0.728. The van der Waals surface area contributed by atoms with Crippen molar-refractivity contribution in [1.82, 2.24) is 5.32 Å². The van der Waals surface area contributed by atoms with Crippen LogP contribution in [0.4, 0.5) is 10.1 Å². The second kappa shape index (κ2) is 8.64. The number of halogens is 1. The molecular formula is C19H23FN2OS. The third-order valence-corrected chi connectivity index (χ3v) is 3.87. The Morgan fingerprint density at radius 1 is 1.12 bits per heavy atom. The molecule has 0 bridgehead atoms. The van der Waals surface area contributed by atoms with Gasteiger partial charge in [0.25, 0.3) is 0 Å². The number of para-hydroxylation sites is 1. The molecule has 0 heterocycles. The number of thiocarbonyl (C=S) groups is 1. The highest BCUT2D eigenvalue weighted by Gasteiger charge is 2.15. The van der Waals surface area contributed by atoms with Crippen molar-refractivity contribution < 1.29 is 9.13 Å². The van der Waals surface area contributed by atoms with Gasteiger partial charge in [0, 0.05) is 0 Å². The number of hydrogen-bond donors (Lipinski definition) is 2. The Morgan fingerprint density at radius 3 is 2.38 bits per heavy atom. The second-order valence-electron chi connectivity index (χ2n) is 6.03. The van der Waals surface area contributed by atoms with Gasteiger partial charge in [0.15, 0.2) is 5.11 Å². The molecule has 2 aromatic carbocycles. The van der Waals surface area contributed by atoms with E-state index in [0.29, 0.717) is 16.7 Å². The Kier molecular flexibility index (Phi) is 6.55. The van der Waals surface area contributed by atoms with Crippen LogP contribution in [0, 0.1) is 11.7 Å². The minimum absolute atomic E-state index is 0.0441. The normalized spacial score (nSPS) is 11.9. The largest absolute Gasteiger partial charge is 0.497 e. The van der Waals surface area contributed by atoms with Gasteiger partial charge in [-0.05, 0) is 54.4 Å². The molecule has 0 amide bonds. The summed E-state index contributed by atoms with van der Waals surface area (Å²) in [4.78, 5) is 0. The Morgan fingerprint density at radius 2 is 1.79 bits per heavy atom. The standard InChI is InChI=1S/C19H23FN2OS/c1-13(2)12-18(14-8-10-15(23-3)11-9-14)22-19(24)21-17-7-5-4-6-16(17)20/h4-11,13,18H,12H2,1-3H3,(H2,21,22,24). The summed E-state index contributed by atoms with van der Waals surface area (Å²) in [6.07, 6.45) is 0.908. The van der Waals surface area contributed by atoms with Crippen LogP contribution < -0.4 is 15.4 Å². The molecule has 0 saturated carbocycles. The highest BCUT2D eigenvalue weighted by molar-refractivity contribution is 7.80. The van der Waals surface area contributed by atoms with Crippen LogP contribution in [-0.4, -0.2) is 12.2 Å². The molecule has 0 fully saturated rings. The summed E-state index contributed by atoms with van der Waals surface area (Å²) >= 11 is 5.36. The third kappa shape index (κ3) is 5.20. The van der Waals surface area contributed by atoms with Gasteiger partial charge in [-0.1, -0.05) is 38.1 Å². The summed E-state index contributed by atoms with van der Waals surface area (Å²) < 4.78 is 18.9. The molecule has 0 radical (unpaired) electrons. The average Bonchev–Trinajstić information content (AvgIpc) is 2.56. The predicted molar refractivity (Wildman–Crippen MR) is 101 cm³/mol. The van der Waals surface area contributed by atoms with Crippen molar-refractivity contribution in [3.8, 4) is 5.75 Å². The van der Waals surface area contributed by atoms with E-state index in [9.17, 15) is 4.39 Å². The highest BCUT2D eigenvalue weighted by Crippen LogP contribution is 2.24. The zero-order valence-corrected chi connectivity index (χ0v) is 15.0. The van der Waals surface area contributed by atoms with Crippen molar-refractivity contribution in [3.63, 3.8) is 0 Å². The molecule has 5 heteroatoms. The van der Waals surface area contributed by atoms with Gasteiger partial charge in [0.05, 0.1) is 18.8 Å². The predicted octanol–water partition coefficient (Wildman–Crippen LogP) is 4.91. The molecular weight excluding hydrogens is 323 g/mol. The molecule has 3 nitrogen and oxygen atoms in total. The molecule has 0 aliphatic carbocycles. The van der Waals surface area contributed by atoms with Gasteiger partial charge in [-0.3, -0.25) is 0 Å². The van der Waals surface area contributed by atoms with E-state index in [1.165, 1.54) is 6.07 Å². The van der Waals surface area contributed by atoms with Gasteiger partial charge in [-0.25, -0.2) is 4.39 Å². The van der Waals surface area contributed by atoms with Gasteiger partial charge < -0.3 is 15.4 Å². The number of hydrogen-bond acceptors (Lipinski definition) is 2. The zero-order valence-electron chi connectivity index (χ0n) is 14.2. The number of rotatable bonds is 6. The maximum atomic E-state index is 13.7. The van der Waals surface area contributed by atoms with E-state index >= 15 is 0 Å². The maximum Gasteiger partial charge on any atom is 0.171 e. The van der Waals surface area contributed by atoms with Crippen molar-refractivity contribution >= 4 is 23.0 Å². The van der Waals surface area contributed by atoms with Crippen LogP contribution in [0.3, 0.4) is 0 Å². The molecule has 2 rings (SSSR count). The van der Waals surface area contributed by atoms with Crippen LogP contribution in [-0.2, 0) is 0 Å². The first-order chi connectivity index (χ1) is 11.5. The van der Waals surface area contributed by atoms with Crippen molar-refractivity contribution in [1.29, 1.82) is 0 Å². The first-order valence-corrected chi connectivity index (χ1v) is 8.36. The van der Waals surface area contributed by atoms with Crippen LogP contribution >= 0.6 is 12.2 Å². The smallest absolute Gasteiger partial charge is 0.171 e. The minimum atomic E-state index is -0.327. The van der Waals surface area contributed by atoms with Gasteiger partial charge in [-0.15, -0.1) is 0 Å². The topological polar surface area (TPSA) is 33.3 Å². The van der Waals surface area contributed by atoms with Gasteiger partial charge in [-0.2, -0.15) is 0 Å². The second-order valence-corrected chi connectivity index (χ2v) is 6.44. The van der Waals surface area contributed by atoms with Gasteiger partial charge >= 0.3 is 0 Å². The molecule has 0 aliphatic rings. The van der Waals surface area contributed by atoms with Crippen LogP contribution in [0.2, 0.25) is 0 Å². The number of nitrogens with one attached hydrogen (secondary N) is 2. The molecule has 0 saturated heterocycles. The summed E-state index contributed by atoms with van der Waals surface area (Å²) in [7, 11) is 1.65. The number of anilines is 1. The van der Waals surface area contributed by atoms with E-state index in [1.807, 2.05) is 24.3 Å². The Balaban J connectivity index is 2.10. The average molecular weight is 346 g/mol. The Hall–Kier alpha value is -2.14. The van der Waals surface area contributed by atoms with Crippen molar-refractivity contribution in [3.05, 3.63) is 59.9 Å². The Bertz CT molecular complexity index is 673. The van der Waals surface area contributed by atoms with Crippen LogP contribution in [0.25, 0.3) is 0 Å².